The first kappa shape index (κ1) is 10.3. The summed E-state index contributed by atoms with van der Waals surface area (Å²) in [5.74, 6) is 0.238. The molecule has 1 aliphatic carbocycles. The zero-order chi connectivity index (χ0) is 10.2. The van der Waals surface area contributed by atoms with Gasteiger partial charge in [-0.1, -0.05) is 6.42 Å². The summed E-state index contributed by atoms with van der Waals surface area (Å²) in [5, 5.41) is 0. The summed E-state index contributed by atoms with van der Waals surface area (Å²) >= 11 is 4.86. The van der Waals surface area contributed by atoms with Crippen LogP contribution in [0.5, 0.6) is 0 Å². The first-order valence-electron chi connectivity index (χ1n) is 4.68. The fourth-order valence-electron chi connectivity index (χ4n) is 1.83. The van der Waals surface area contributed by atoms with Crippen molar-refractivity contribution in [1.29, 1.82) is 0 Å². The van der Waals surface area contributed by atoms with Crippen molar-refractivity contribution in [3.8, 4) is 0 Å². The van der Waals surface area contributed by atoms with Gasteiger partial charge in [-0.05, 0) is 40.9 Å². The van der Waals surface area contributed by atoms with E-state index in [2.05, 4.69) is 15.9 Å². The van der Waals surface area contributed by atoms with Crippen molar-refractivity contribution in [2.45, 2.75) is 19.3 Å². The SMILES string of the molecule is NCC1(C(=O)c2ccc(Br)s2)CCC1. The van der Waals surface area contributed by atoms with Crippen LogP contribution in [0, 0.1) is 5.41 Å². The van der Waals surface area contributed by atoms with Gasteiger partial charge in [-0.2, -0.15) is 0 Å². The quantitative estimate of drug-likeness (QED) is 0.861. The molecule has 1 aliphatic rings. The second-order valence-electron chi connectivity index (χ2n) is 3.77. The second-order valence-corrected chi connectivity index (χ2v) is 6.23. The van der Waals surface area contributed by atoms with Gasteiger partial charge in [0.1, 0.15) is 0 Å². The van der Waals surface area contributed by atoms with Gasteiger partial charge in [0.25, 0.3) is 0 Å². The lowest BCUT2D eigenvalue weighted by Gasteiger charge is -2.38. The molecular formula is C10H12BrNOS. The fraction of sp³-hybridized carbons (Fsp3) is 0.500. The van der Waals surface area contributed by atoms with Gasteiger partial charge in [0.05, 0.1) is 8.66 Å². The molecule has 0 aromatic carbocycles. The maximum Gasteiger partial charge on any atom is 0.180 e. The molecular weight excluding hydrogens is 262 g/mol. The highest BCUT2D eigenvalue weighted by Crippen LogP contribution is 2.43. The highest BCUT2D eigenvalue weighted by atomic mass is 79.9. The minimum atomic E-state index is -0.232. The highest BCUT2D eigenvalue weighted by Gasteiger charge is 2.43. The van der Waals surface area contributed by atoms with Crippen molar-refractivity contribution in [3.05, 3.63) is 20.8 Å². The van der Waals surface area contributed by atoms with E-state index in [1.807, 2.05) is 12.1 Å². The lowest BCUT2D eigenvalue weighted by Crippen LogP contribution is -2.44. The standard InChI is InChI=1S/C10H12BrNOS/c11-8-3-2-7(14-8)9(13)10(6-12)4-1-5-10/h2-3H,1,4-6,12H2. The number of carbonyl (C=O) groups excluding carboxylic acids is 1. The first-order valence-corrected chi connectivity index (χ1v) is 6.29. The van der Waals surface area contributed by atoms with Crippen LogP contribution < -0.4 is 5.73 Å². The molecule has 0 aliphatic heterocycles. The Morgan fingerprint density at radius 2 is 2.29 bits per heavy atom. The molecule has 2 nitrogen and oxygen atoms in total. The number of nitrogens with two attached hydrogens (primary N) is 1. The van der Waals surface area contributed by atoms with E-state index in [-0.39, 0.29) is 11.2 Å². The number of rotatable bonds is 3. The molecule has 2 rings (SSSR count). The molecule has 0 amide bonds. The minimum Gasteiger partial charge on any atom is -0.329 e. The van der Waals surface area contributed by atoms with E-state index < -0.39 is 0 Å². The van der Waals surface area contributed by atoms with Crippen LogP contribution in [-0.4, -0.2) is 12.3 Å². The van der Waals surface area contributed by atoms with E-state index in [0.29, 0.717) is 6.54 Å². The smallest absolute Gasteiger partial charge is 0.180 e. The summed E-state index contributed by atoms with van der Waals surface area (Å²) in [5.41, 5.74) is 5.45. The molecule has 1 aromatic heterocycles. The zero-order valence-corrected chi connectivity index (χ0v) is 10.2. The number of halogens is 1. The molecule has 14 heavy (non-hydrogen) atoms. The lowest BCUT2D eigenvalue weighted by molar-refractivity contribution is 0.0641. The topological polar surface area (TPSA) is 43.1 Å². The average molecular weight is 274 g/mol. The summed E-state index contributed by atoms with van der Waals surface area (Å²) in [6.45, 7) is 0.487. The Morgan fingerprint density at radius 1 is 1.57 bits per heavy atom. The largest absolute Gasteiger partial charge is 0.329 e. The Kier molecular flexibility index (Phi) is 2.77. The molecule has 0 radical (unpaired) electrons. The second kappa shape index (κ2) is 3.76. The number of hydrogen-bond acceptors (Lipinski definition) is 3. The van der Waals surface area contributed by atoms with E-state index in [1.54, 1.807) is 0 Å². The number of hydrogen-bond donors (Lipinski definition) is 1. The highest BCUT2D eigenvalue weighted by molar-refractivity contribution is 9.11. The number of thiophene rings is 1. The molecule has 0 saturated heterocycles. The summed E-state index contributed by atoms with van der Waals surface area (Å²) in [7, 11) is 0. The number of carbonyl (C=O) groups is 1. The predicted octanol–water partition coefficient (Wildman–Crippen LogP) is 2.82. The Bertz CT molecular complexity index is 351. The van der Waals surface area contributed by atoms with Crippen LogP contribution in [0.1, 0.15) is 28.9 Å². The van der Waals surface area contributed by atoms with Crippen LogP contribution >= 0.6 is 27.3 Å². The number of Topliss-reactive ketones (excluding diaryl/α,β-unsaturated/α-hetero) is 1. The van der Waals surface area contributed by atoms with Crippen LogP contribution in [0.3, 0.4) is 0 Å². The molecule has 1 aromatic rings. The van der Waals surface area contributed by atoms with E-state index >= 15 is 0 Å². The minimum absolute atomic E-state index is 0.232. The van der Waals surface area contributed by atoms with Crippen LogP contribution in [0.4, 0.5) is 0 Å². The average Bonchev–Trinajstić information content (AvgIpc) is 2.50. The third-order valence-corrected chi connectivity index (χ3v) is 4.60. The van der Waals surface area contributed by atoms with E-state index in [0.717, 1.165) is 27.9 Å². The summed E-state index contributed by atoms with van der Waals surface area (Å²) in [6, 6.07) is 3.80. The fourth-order valence-corrected chi connectivity index (χ4v) is 3.27. The molecule has 0 bridgehead atoms. The van der Waals surface area contributed by atoms with Crippen molar-refractivity contribution in [1.82, 2.24) is 0 Å². The van der Waals surface area contributed by atoms with Crippen molar-refractivity contribution in [2.24, 2.45) is 11.1 Å². The van der Waals surface area contributed by atoms with E-state index in [9.17, 15) is 4.79 Å². The molecule has 4 heteroatoms. The van der Waals surface area contributed by atoms with Crippen LogP contribution in [0.15, 0.2) is 15.9 Å². The number of ketones is 1. The Hall–Kier alpha value is -0.190. The summed E-state index contributed by atoms with van der Waals surface area (Å²) in [4.78, 5) is 12.9. The summed E-state index contributed by atoms with van der Waals surface area (Å²) < 4.78 is 1.01. The molecule has 0 spiro atoms. The Labute approximate surface area is 95.6 Å². The van der Waals surface area contributed by atoms with Crippen LogP contribution in [0.25, 0.3) is 0 Å². The van der Waals surface area contributed by atoms with Gasteiger partial charge in [-0.25, -0.2) is 0 Å². The molecule has 1 heterocycles. The van der Waals surface area contributed by atoms with Crippen molar-refractivity contribution in [3.63, 3.8) is 0 Å². The Balaban J connectivity index is 2.23. The Morgan fingerprint density at radius 3 is 2.64 bits per heavy atom. The van der Waals surface area contributed by atoms with Gasteiger partial charge in [-0.15, -0.1) is 11.3 Å². The van der Waals surface area contributed by atoms with Crippen molar-refractivity contribution < 1.29 is 4.79 Å². The molecule has 1 saturated carbocycles. The van der Waals surface area contributed by atoms with Crippen molar-refractivity contribution in [2.75, 3.05) is 6.54 Å². The van der Waals surface area contributed by atoms with Gasteiger partial charge in [0.2, 0.25) is 0 Å². The molecule has 76 valence electrons. The molecule has 1 fully saturated rings. The third-order valence-electron chi connectivity index (χ3n) is 2.98. The maximum absolute atomic E-state index is 12.1. The van der Waals surface area contributed by atoms with Gasteiger partial charge in [0, 0.05) is 12.0 Å². The summed E-state index contributed by atoms with van der Waals surface area (Å²) in [6.07, 6.45) is 3.05. The van der Waals surface area contributed by atoms with Gasteiger partial charge >= 0.3 is 0 Å². The van der Waals surface area contributed by atoms with Gasteiger partial charge < -0.3 is 5.73 Å². The molecule has 2 N–H and O–H groups in total. The lowest BCUT2D eigenvalue weighted by atomic mass is 9.66. The van der Waals surface area contributed by atoms with E-state index in [1.165, 1.54) is 11.3 Å². The molecule has 0 atom stereocenters. The predicted molar refractivity (Wildman–Crippen MR) is 61.7 cm³/mol. The monoisotopic (exact) mass is 273 g/mol. The normalized spacial score (nSPS) is 19.0. The van der Waals surface area contributed by atoms with Gasteiger partial charge in [0.15, 0.2) is 5.78 Å². The van der Waals surface area contributed by atoms with E-state index in [4.69, 9.17) is 5.73 Å². The molecule has 0 unspecified atom stereocenters. The van der Waals surface area contributed by atoms with Crippen LogP contribution in [0.2, 0.25) is 0 Å². The third kappa shape index (κ3) is 1.55. The zero-order valence-electron chi connectivity index (χ0n) is 7.75. The first-order chi connectivity index (χ1) is 6.68. The maximum atomic E-state index is 12.1. The van der Waals surface area contributed by atoms with Crippen LogP contribution in [-0.2, 0) is 0 Å². The van der Waals surface area contributed by atoms with Crippen molar-refractivity contribution >= 4 is 33.0 Å². The van der Waals surface area contributed by atoms with Gasteiger partial charge in [-0.3, -0.25) is 4.79 Å².